The first kappa shape index (κ1) is 15.1. The molecule has 0 saturated carbocycles. The number of pyridine rings is 1. The van der Waals surface area contributed by atoms with Crippen molar-refractivity contribution in [2.75, 3.05) is 18.1 Å². The molecule has 1 aromatic heterocycles. The second-order valence-electron chi connectivity index (χ2n) is 5.11. The van der Waals surface area contributed by atoms with Crippen LogP contribution < -0.4 is 9.64 Å². The number of carbonyl (C=O) groups is 1. The minimum Gasteiger partial charge on any atom is -0.472 e. The van der Waals surface area contributed by atoms with Gasteiger partial charge in [0.2, 0.25) is 0 Å². The molecule has 0 saturated heterocycles. The van der Waals surface area contributed by atoms with Gasteiger partial charge < -0.3 is 25.1 Å². The van der Waals surface area contributed by atoms with Gasteiger partial charge in [-0.3, -0.25) is 9.69 Å². The molecule has 0 aliphatic carbocycles. The minimum atomic E-state index is -1.19. The number of fused-ring (bicyclic) bond motifs is 1. The molecule has 1 amide bonds. The van der Waals surface area contributed by atoms with Crippen LogP contribution in [0.25, 0.3) is 0 Å². The monoisotopic (exact) mass is 297 g/mol. The summed E-state index contributed by atoms with van der Waals surface area (Å²) in [5.74, 6) is -0.778. The average Bonchev–Trinajstić information content (AvgIpc) is 2.42. The number of amides is 1. The van der Waals surface area contributed by atoms with Crippen LogP contribution in [0.5, 0.6) is 5.75 Å². The van der Waals surface area contributed by atoms with Crippen LogP contribution in [-0.4, -0.2) is 50.9 Å². The zero-order chi connectivity index (χ0) is 15.8. The van der Waals surface area contributed by atoms with Crippen molar-refractivity contribution < 1.29 is 24.7 Å². The standard InChI is InChI=1S/C12H15N3O6/c1-12(2)11(18)14(5-7(17)6-16)10-8(21-12)3-4-9(13-10)15(19)20/h3-4,7,16-17H,5-6H2,1-2H3. The summed E-state index contributed by atoms with van der Waals surface area (Å²) in [6.07, 6.45) is -1.18. The summed E-state index contributed by atoms with van der Waals surface area (Å²) in [5.41, 5.74) is -1.19. The molecule has 9 nitrogen and oxygen atoms in total. The van der Waals surface area contributed by atoms with Crippen LogP contribution in [0, 0.1) is 10.1 Å². The Balaban J connectivity index is 2.50. The van der Waals surface area contributed by atoms with E-state index in [0.29, 0.717) is 0 Å². The molecule has 114 valence electrons. The van der Waals surface area contributed by atoms with Gasteiger partial charge in [0.05, 0.1) is 19.3 Å². The fourth-order valence-electron chi connectivity index (χ4n) is 1.98. The largest absolute Gasteiger partial charge is 0.472 e. The first-order valence-electron chi connectivity index (χ1n) is 6.21. The number of aliphatic hydroxyl groups excluding tert-OH is 2. The Morgan fingerprint density at radius 2 is 2.19 bits per heavy atom. The Kier molecular flexibility index (Phi) is 3.79. The molecule has 2 rings (SSSR count). The maximum Gasteiger partial charge on any atom is 0.366 e. The lowest BCUT2D eigenvalue weighted by molar-refractivity contribution is -0.389. The predicted molar refractivity (Wildman–Crippen MR) is 71.0 cm³/mol. The quantitative estimate of drug-likeness (QED) is 0.584. The van der Waals surface area contributed by atoms with Crippen LogP contribution >= 0.6 is 0 Å². The first-order chi connectivity index (χ1) is 9.76. The summed E-state index contributed by atoms with van der Waals surface area (Å²) in [6, 6.07) is 2.53. The molecule has 2 heterocycles. The Hall–Kier alpha value is -2.26. The van der Waals surface area contributed by atoms with Crippen molar-refractivity contribution in [3.8, 4) is 5.75 Å². The van der Waals surface area contributed by atoms with Crippen molar-refractivity contribution in [1.29, 1.82) is 0 Å². The van der Waals surface area contributed by atoms with Crippen LogP contribution in [0.4, 0.5) is 11.6 Å². The van der Waals surface area contributed by atoms with Gasteiger partial charge in [0.15, 0.2) is 11.4 Å². The summed E-state index contributed by atoms with van der Waals surface area (Å²) in [7, 11) is 0. The lowest BCUT2D eigenvalue weighted by atomic mass is 10.0. The van der Waals surface area contributed by atoms with Gasteiger partial charge in [0.25, 0.3) is 11.7 Å². The van der Waals surface area contributed by atoms with E-state index in [-0.39, 0.29) is 18.1 Å². The van der Waals surface area contributed by atoms with Crippen LogP contribution in [0.3, 0.4) is 0 Å². The number of rotatable bonds is 4. The summed E-state index contributed by atoms with van der Waals surface area (Å²) >= 11 is 0. The van der Waals surface area contributed by atoms with E-state index >= 15 is 0 Å². The molecule has 0 fully saturated rings. The third-order valence-electron chi connectivity index (χ3n) is 3.00. The summed E-state index contributed by atoms with van der Waals surface area (Å²) in [5, 5.41) is 29.3. The third-order valence-corrected chi connectivity index (χ3v) is 3.00. The highest BCUT2D eigenvalue weighted by molar-refractivity contribution is 6.01. The van der Waals surface area contributed by atoms with Gasteiger partial charge in [0.1, 0.15) is 0 Å². The molecule has 1 unspecified atom stereocenters. The van der Waals surface area contributed by atoms with Gasteiger partial charge in [0, 0.05) is 6.07 Å². The number of carbonyl (C=O) groups excluding carboxylic acids is 1. The molecule has 21 heavy (non-hydrogen) atoms. The lowest BCUT2D eigenvalue weighted by Gasteiger charge is -2.36. The van der Waals surface area contributed by atoms with Gasteiger partial charge >= 0.3 is 5.82 Å². The molecule has 9 heteroatoms. The summed E-state index contributed by atoms with van der Waals surface area (Å²) in [4.78, 5) is 27.3. The number of nitro groups is 1. The highest BCUT2D eigenvalue weighted by atomic mass is 16.6. The van der Waals surface area contributed by atoms with E-state index in [4.69, 9.17) is 9.84 Å². The second-order valence-corrected chi connectivity index (χ2v) is 5.11. The average molecular weight is 297 g/mol. The predicted octanol–water partition coefficient (Wildman–Crippen LogP) is -0.153. The third kappa shape index (κ3) is 2.78. The molecule has 0 radical (unpaired) electrons. The van der Waals surface area contributed by atoms with E-state index in [1.165, 1.54) is 26.0 Å². The van der Waals surface area contributed by atoms with Gasteiger partial charge in [-0.05, 0) is 29.8 Å². The molecule has 0 aromatic carbocycles. The van der Waals surface area contributed by atoms with Crippen LogP contribution in [0.2, 0.25) is 0 Å². The van der Waals surface area contributed by atoms with Gasteiger partial charge in [-0.25, -0.2) is 0 Å². The Morgan fingerprint density at radius 3 is 2.76 bits per heavy atom. The normalized spacial score (nSPS) is 17.9. The molecular weight excluding hydrogens is 282 g/mol. The number of hydrogen-bond acceptors (Lipinski definition) is 7. The first-order valence-corrected chi connectivity index (χ1v) is 6.21. The zero-order valence-corrected chi connectivity index (χ0v) is 11.5. The van der Waals surface area contributed by atoms with E-state index in [2.05, 4.69) is 4.98 Å². The molecule has 0 bridgehead atoms. The Labute approximate surface area is 119 Å². The van der Waals surface area contributed by atoms with Crippen molar-refractivity contribution in [3.05, 3.63) is 22.2 Å². The molecule has 2 N–H and O–H groups in total. The molecule has 1 aliphatic heterocycles. The maximum absolute atomic E-state index is 12.3. The van der Waals surface area contributed by atoms with E-state index in [1.54, 1.807) is 0 Å². The second kappa shape index (κ2) is 5.26. The number of β-amino-alcohol motifs (C(OH)–C–C–N with tert-alkyl or cyclic N) is 1. The van der Waals surface area contributed by atoms with Gasteiger partial charge in [-0.1, -0.05) is 0 Å². The highest BCUT2D eigenvalue weighted by Gasteiger charge is 2.44. The Morgan fingerprint density at radius 1 is 1.52 bits per heavy atom. The fourth-order valence-corrected chi connectivity index (χ4v) is 1.98. The van der Waals surface area contributed by atoms with E-state index < -0.39 is 35.0 Å². The van der Waals surface area contributed by atoms with E-state index in [0.717, 1.165) is 4.90 Å². The molecular formula is C12H15N3O6. The van der Waals surface area contributed by atoms with Crippen molar-refractivity contribution in [3.63, 3.8) is 0 Å². The van der Waals surface area contributed by atoms with Crippen molar-refractivity contribution in [2.45, 2.75) is 25.6 Å². The van der Waals surface area contributed by atoms with Crippen molar-refractivity contribution >= 4 is 17.5 Å². The number of aromatic nitrogens is 1. The lowest BCUT2D eigenvalue weighted by Crippen LogP contribution is -2.55. The van der Waals surface area contributed by atoms with Gasteiger partial charge in [-0.2, -0.15) is 0 Å². The SMILES string of the molecule is CC1(C)Oc2ccc([N+](=O)[O-])nc2N(CC(O)CO)C1=O. The van der Waals surface area contributed by atoms with Gasteiger partial charge in [-0.15, -0.1) is 0 Å². The van der Waals surface area contributed by atoms with E-state index in [9.17, 15) is 20.0 Å². The van der Waals surface area contributed by atoms with Crippen molar-refractivity contribution in [2.24, 2.45) is 0 Å². The zero-order valence-electron chi connectivity index (χ0n) is 11.5. The number of anilines is 1. The minimum absolute atomic E-state index is 0.0407. The maximum atomic E-state index is 12.3. The molecule has 1 aliphatic rings. The fraction of sp³-hybridized carbons (Fsp3) is 0.500. The Bertz CT molecular complexity index is 588. The molecule has 1 aromatic rings. The number of hydrogen-bond donors (Lipinski definition) is 2. The number of nitrogens with zero attached hydrogens (tertiary/aromatic N) is 3. The van der Waals surface area contributed by atoms with Crippen LogP contribution in [-0.2, 0) is 4.79 Å². The number of aliphatic hydroxyl groups is 2. The highest BCUT2D eigenvalue weighted by Crippen LogP contribution is 2.37. The summed E-state index contributed by atoms with van der Waals surface area (Å²) in [6.45, 7) is 2.30. The summed E-state index contributed by atoms with van der Waals surface area (Å²) < 4.78 is 5.49. The van der Waals surface area contributed by atoms with E-state index in [1.807, 2.05) is 0 Å². The number of ether oxygens (including phenoxy) is 1. The molecule has 0 spiro atoms. The van der Waals surface area contributed by atoms with Crippen LogP contribution in [0.1, 0.15) is 13.8 Å². The topological polar surface area (TPSA) is 126 Å². The van der Waals surface area contributed by atoms with Crippen LogP contribution in [0.15, 0.2) is 12.1 Å². The van der Waals surface area contributed by atoms with Crippen molar-refractivity contribution in [1.82, 2.24) is 4.98 Å². The smallest absolute Gasteiger partial charge is 0.366 e. The molecule has 1 atom stereocenters.